The molecule has 0 unspecified atom stereocenters. The van der Waals surface area contributed by atoms with Crippen LogP contribution in [0.25, 0.3) is 11.6 Å². The molecule has 0 aromatic heterocycles. The van der Waals surface area contributed by atoms with Crippen LogP contribution in [0, 0.1) is 5.82 Å². The summed E-state index contributed by atoms with van der Waals surface area (Å²) in [7, 11) is 0. The van der Waals surface area contributed by atoms with Crippen molar-refractivity contribution < 1.29 is 22.4 Å². The minimum Gasteiger partial charge on any atom is -0.298 e. The summed E-state index contributed by atoms with van der Waals surface area (Å²) in [6.45, 7) is 0. The fourth-order valence-electron chi connectivity index (χ4n) is 1.88. The van der Waals surface area contributed by atoms with Gasteiger partial charge in [-0.25, -0.2) is 4.39 Å². The summed E-state index contributed by atoms with van der Waals surface area (Å²) in [5, 5.41) is 0. The van der Waals surface area contributed by atoms with Gasteiger partial charge in [-0.05, 0) is 35.4 Å². The lowest BCUT2D eigenvalue weighted by Crippen LogP contribution is -2.07. The van der Waals surface area contributed by atoms with Crippen molar-refractivity contribution in [2.75, 3.05) is 0 Å². The number of hydrogen-bond acceptors (Lipinski definition) is 1. The molecule has 0 N–H and O–H groups in total. The molecule has 1 nitrogen and oxygen atoms in total. The third-order valence-electron chi connectivity index (χ3n) is 2.88. The van der Waals surface area contributed by atoms with Crippen molar-refractivity contribution in [3.63, 3.8) is 0 Å². The highest BCUT2D eigenvalue weighted by molar-refractivity contribution is 6.13. The Morgan fingerprint density at radius 1 is 0.952 bits per heavy atom. The first-order valence-electron chi connectivity index (χ1n) is 6.01. The molecule has 0 spiro atoms. The Hall–Kier alpha value is -2.43. The zero-order chi connectivity index (χ0) is 15.5. The Balaban J connectivity index is 2.51. The van der Waals surface area contributed by atoms with Gasteiger partial charge in [-0.15, -0.1) is 0 Å². The standard InChI is InChI=1S/C16H10F4O/c17-14-7-5-11(6-8-14)13(10-21)9-12-3-1-2-4-15(12)16(18,19)20/h1-10H/b13-9-. The van der Waals surface area contributed by atoms with Gasteiger partial charge in [0, 0.05) is 5.57 Å². The average molecular weight is 294 g/mol. The summed E-state index contributed by atoms with van der Waals surface area (Å²) in [6.07, 6.45) is -2.92. The van der Waals surface area contributed by atoms with Crippen LogP contribution in [-0.2, 0) is 11.0 Å². The fraction of sp³-hybridized carbons (Fsp3) is 0.0625. The summed E-state index contributed by atoms with van der Waals surface area (Å²) in [5.74, 6) is -0.486. The highest BCUT2D eigenvalue weighted by atomic mass is 19.4. The van der Waals surface area contributed by atoms with E-state index in [0.717, 1.165) is 24.3 Å². The molecule has 0 amide bonds. The van der Waals surface area contributed by atoms with Crippen molar-refractivity contribution in [1.29, 1.82) is 0 Å². The normalized spacial score (nSPS) is 12.3. The van der Waals surface area contributed by atoms with Crippen LogP contribution in [-0.4, -0.2) is 6.29 Å². The van der Waals surface area contributed by atoms with Crippen molar-refractivity contribution in [2.45, 2.75) is 6.18 Å². The number of aldehydes is 1. The van der Waals surface area contributed by atoms with Crippen LogP contribution >= 0.6 is 0 Å². The van der Waals surface area contributed by atoms with Gasteiger partial charge in [-0.2, -0.15) is 13.2 Å². The molecule has 21 heavy (non-hydrogen) atoms. The second kappa shape index (κ2) is 5.91. The Morgan fingerprint density at radius 3 is 2.14 bits per heavy atom. The van der Waals surface area contributed by atoms with E-state index in [2.05, 4.69) is 0 Å². The number of rotatable bonds is 3. The zero-order valence-electron chi connectivity index (χ0n) is 10.7. The molecule has 2 rings (SSSR count). The molecule has 0 bridgehead atoms. The van der Waals surface area contributed by atoms with Crippen LogP contribution in [0.15, 0.2) is 48.5 Å². The summed E-state index contributed by atoms with van der Waals surface area (Å²) >= 11 is 0. The third-order valence-corrected chi connectivity index (χ3v) is 2.88. The van der Waals surface area contributed by atoms with Crippen molar-refractivity contribution >= 4 is 17.9 Å². The van der Waals surface area contributed by atoms with Gasteiger partial charge in [0.25, 0.3) is 0 Å². The molecule has 108 valence electrons. The van der Waals surface area contributed by atoms with Gasteiger partial charge >= 0.3 is 6.18 Å². The third kappa shape index (κ3) is 3.56. The minimum absolute atomic E-state index is 0.0479. The number of carbonyl (C=O) groups excluding carboxylic acids is 1. The van der Waals surface area contributed by atoms with E-state index in [1.807, 2.05) is 0 Å². The molecule has 0 saturated heterocycles. The van der Waals surface area contributed by atoms with E-state index in [1.54, 1.807) is 0 Å². The van der Waals surface area contributed by atoms with Crippen LogP contribution in [0.5, 0.6) is 0 Å². The highest BCUT2D eigenvalue weighted by Crippen LogP contribution is 2.33. The fourth-order valence-corrected chi connectivity index (χ4v) is 1.88. The monoisotopic (exact) mass is 294 g/mol. The summed E-state index contributed by atoms with van der Waals surface area (Å²) in [4.78, 5) is 11.1. The molecule has 0 aliphatic heterocycles. The molecule has 0 atom stereocenters. The molecule has 0 radical (unpaired) electrons. The van der Waals surface area contributed by atoms with Gasteiger partial charge in [0.2, 0.25) is 0 Å². The second-order valence-electron chi connectivity index (χ2n) is 4.31. The van der Waals surface area contributed by atoms with Crippen LogP contribution in [0.1, 0.15) is 16.7 Å². The number of hydrogen-bond donors (Lipinski definition) is 0. The number of allylic oxidation sites excluding steroid dienone is 1. The first-order chi connectivity index (χ1) is 9.91. The zero-order valence-corrected chi connectivity index (χ0v) is 10.7. The van der Waals surface area contributed by atoms with Crippen LogP contribution in [0.2, 0.25) is 0 Å². The summed E-state index contributed by atoms with van der Waals surface area (Å²) in [6, 6.07) is 9.91. The lowest BCUT2D eigenvalue weighted by molar-refractivity contribution is -0.137. The van der Waals surface area contributed by atoms with Crippen molar-refractivity contribution in [1.82, 2.24) is 0 Å². The summed E-state index contributed by atoms with van der Waals surface area (Å²) < 4.78 is 51.5. The molecule has 5 heteroatoms. The molecule has 2 aromatic carbocycles. The maximum absolute atomic E-state index is 12.9. The Labute approximate surface area is 118 Å². The van der Waals surface area contributed by atoms with E-state index >= 15 is 0 Å². The van der Waals surface area contributed by atoms with E-state index in [9.17, 15) is 22.4 Å². The number of carbonyl (C=O) groups is 1. The number of benzene rings is 2. The van der Waals surface area contributed by atoms with Gasteiger partial charge in [-0.3, -0.25) is 4.79 Å². The molecule has 0 heterocycles. The summed E-state index contributed by atoms with van der Waals surface area (Å²) in [5.41, 5.74) is -0.544. The van der Waals surface area contributed by atoms with E-state index < -0.39 is 17.6 Å². The molecule has 2 aromatic rings. The minimum atomic E-state index is -4.51. The predicted molar refractivity (Wildman–Crippen MR) is 71.8 cm³/mol. The predicted octanol–water partition coefficient (Wildman–Crippen LogP) is 4.58. The van der Waals surface area contributed by atoms with Gasteiger partial charge in [-0.1, -0.05) is 30.3 Å². The molecule has 0 aliphatic rings. The molecular formula is C16H10F4O. The lowest BCUT2D eigenvalue weighted by atomic mass is 10.0. The maximum atomic E-state index is 12.9. The highest BCUT2D eigenvalue weighted by Gasteiger charge is 2.32. The largest absolute Gasteiger partial charge is 0.416 e. The number of alkyl halides is 3. The topological polar surface area (TPSA) is 17.1 Å². The van der Waals surface area contributed by atoms with Gasteiger partial charge in [0.05, 0.1) is 5.56 Å². The number of halogens is 4. The maximum Gasteiger partial charge on any atom is 0.416 e. The van der Waals surface area contributed by atoms with E-state index in [-0.39, 0.29) is 11.1 Å². The quantitative estimate of drug-likeness (QED) is 0.350. The van der Waals surface area contributed by atoms with Crippen molar-refractivity contribution in [2.24, 2.45) is 0 Å². The van der Waals surface area contributed by atoms with Crippen molar-refractivity contribution in [3.05, 3.63) is 71.0 Å². The SMILES string of the molecule is O=C/C(=C/c1ccccc1C(F)(F)F)c1ccc(F)cc1. The Bertz CT molecular complexity index is 669. The molecule has 0 aliphatic carbocycles. The second-order valence-corrected chi connectivity index (χ2v) is 4.31. The van der Waals surface area contributed by atoms with Crippen molar-refractivity contribution in [3.8, 4) is 0 Å². The lowest BCUT2D eigenvalue weighted by Gasteiger charge is -2.10. The van der Waals surface area contributed by atoms with Crippen LogP contribution in [0.4, 0.5) is 17.6 Å². The first kappa shape index (κ1) is 15.0. The van der Waals surface area contributed by atoms with Gasteiger partial charge < -0.3 is 0 Å². The van der Waals surface area contributed by atoms with E-state index in [4.69, 9.17) is 0 Å². The average Bonchev–Trinajstić information content (AvgIpc) is 2.45. The van der Waals surface area contributed by atoms with E-state index in [0.29, 0.717) is 11.8 Å². The molecular weight excluding hydrogens is 284 g/mol. The molecule has 0 saturated carbocycles. The first-order valence-corrected chi connectivity index (χ1v) is 6.01. The smallest absolute Gasteiger partial charge is 0.298 e. The Morgan fingerprint density at radius 2 is 1.57 bits per heavy atom. The van der Waals surface area contributed by atoms with Crippen LogP contribution < -0.4 is 0 Å². The van der Waals surface area contributed by atoms with Crippen LogP contribution in [0.3, 0.4) is 0 Å². The van der Waals surface area contributed by atoms with E-state index in [1.165, 1.54) is 30.3 Å². The molecule has 0 fully saturated rings. The Kier molecular flexibility index (Phi) is 4.21. The van der Waals surface area contributed by atoms with Gasteiger partial charge in [0.1, 0.15) is 5.82 Å². The van der Waals surface area contributed by atoms with Gasteiger partial charge in [0.15, 0.2) is 6.29 Å².